The zero-order valence-electron chi connectivity index (χ0n) is 17.8. The van der Waals surface area contributed by atoms with E-state index in [4.69, 9.17) is 20.8 Å². The Hall–Kier alpha value is -2.21. The number of benzene rings is 1. The fraction of sp³-hybridized carbons (Fsp3) is 0.545. The first-order valence-corrected chi connectivity index (χ1v) is 10.4. The van der Waals surface area contributed by atoms with Gasteiger partial charge < -0.3 is 19.0 Å². The number of likely N-dealkylation sites (tertiary alicyclic amines) is 1. The number of ether oxygens (including phenoxy) is 1. The molecule has 158 valence electrons. The Morgan fingerprint density at radius 1 is 1.34 bits per heavy atom. The summed E-state index contributed by atoms with van der Waals surface area (Å²) >= 11 is 6.22. The molecule has 0 aliphatic carbocycles. The van der Waals surface area contributed by atoms with Gasteiger partial charge in [-0.1, -0.05) is 23.7 Å². The molecule has 1 saturated heterocycles. The van der Waals surface area contributed by atoms with Gasteiger partial charge in [0.2, 0.25) is 0 Å². The van der Waals surface area contributed by atoms with E-state index in [1.54, 1.807) is 18.0 Å². The molecule has 3 rings (SSSR count). The number of hydrogen-bond donors (Lipinski definition) is 0. The quantitative estimate of drug-likeness (QED) is 0.691. The molecule has 1 aliphatic rings. The van der Waals surface area contributed by atoms with Gasteiger partial charge in [0, 0.05) is 37.6 Å². The molecule has 0 saturated carbocycles. The molecule has 0 radical (unpaired) electrons. The lowest BCUT2D eigenvalue weighted by molar-refractivity contribution is 0.0243. The van der Waals surface area contributed by atoms with Crippen LogP contribution in [0.2, 0.25) is 5.02 Å². The van der Waals surface area contributed by atoms with E-state index >= 15 is 0 Å². The number of para-hydroxylation sites is 1. The topological polar surface area (TPSA) is 63.0 Å². The highest BCUT2D eigenvalue weighted by atomic mass is 35.5. The lowest BCUT2D eigenvalue weighted by atomic mass is 9.97. The van der Waals surface area contributed by atoms with E-state index in [9.17, 15) is 9.59 Å². The van der Waals surface area contributed by atoms with Gasteiger partial charge in [-0.05, 0) is 52.5 Å². The third-order valence-electron chi connectivity index (χ3n) is 5.15. The van der Waals surface area contributed by atoms with Crippen LogP contribution in [0.25, 0.3) is 11.0 Å². The first-order chi connectivity index (χ1) is 13.6. The summed E-state index contributed by atoms with van der Waals surface area (Å²) in [6, 6.07) is 5.51. The minimum Gasteiger partial charge on any atom is -0.449 e. The summed E-state index contributed by atoms with van der Waals surface area (Å²) in [5.74, 6) is 0.409. The Morgan fingerprint density at radius 3 is 2.72 bits per heavy atom. The van der Waals surface area contributed by atoms with Crippen LogP contribution in [0.15, 0.2) is 22.6 Å². The van der Waals surface area contributed by atoms with Crippen LogP contribution in [0.1, 0.15) is 49.7 Å². The Balaban J connectivity index is 1.69. The molecule has 2 heterocycles. The number of carbonyl (C=O) groups is 2. The summed E-state index contributed by atoms with van der Waals surface area (Å²) < 4.78 is 11.3. The minimum atomic E-state index is -0.528. The molecule has 0 spiro atoms. The van der Waals surface area contributed by atoms with Gasteiger partial charge in [-0.3, -0.25) is 4.79 Å². The number of fused-ring (bicyclic) bond motifs is 1. The average molecular weight is 421 g/mol. The van der Waals surface area contributed by atoms with E-state index in [0.29, 0.717) is 36.0 Å². The summed E-state index contributed by atoms with van der Waals surface area (Å²) in [5, 5.41) is 1.36. The highest BCUT2D eigenvalue weighted by molar-refractivity contribution is 6.35. The van der Waals surface area contributed by atoms with Crippen molar-refractivity contribution in [3.05, 3.63) is 34.5 Å². The second-order valence-electron chi connectivity index (χ2n) is 8.79. The molecule has 2 aromatic rings. The van der Waals surface area contributed by atoms with Crippen LogP contribution in [0.4, 0.5) is 4.79 Å². The highest BCUT2D eigenvalue weighted by Crippen LogP contribution is 2.32. The minimum absolute atomic E-state index is 0.126. The molecule has 2 amide bonds. The second kappa shape index (κ2) is 8.27. The number of rotatable bonds is 3. The van der Waals surface area contributed by atoms with Crippen LogP contribution in [0.5, 0.6) is 0 Å². The van der Waals surface area contributed by atoms with Gasteiger partial charge in [0.15, 0.2) is 11.3 Å². The van der Waals surface area contributed by atoms with Gasteiger partial charge in [0.25, 0.3) is 5.91 Å². The molecule has 1 atom stereocenters. The van der Waals surface area contributed by atoms with Crippen LogP contribution in [-0.2, 0) is 4.74 Å². The van der Waals surface area contributed by atoms with Crippen molar-refractivity contribution in [1.29, 1.82) is 0 Å². The van der Waals surface area contributed by atoms with Crippen molar-refractivity contribution in [3.63, 3.8) is 0 Å². The monoisotopic (exact) mass is 420 g/mol. The number of furan rings is 1. The predicted octanol–water partition coefficient (Wildman–Crippen LogP) is 5.11. The Labute approximate surface area is 176 Å². The summed E-state index contributed by atoms with van der Waals surface area (Å²) in [4.78, 5) is 28.8. The molecule has 0 N–H and O–H groups in total. The summed E-state index contributed by atoms with van der Waals surface area (Å²) in [7, 11) is 1.74. The van der Waals surface area contributed by atoms with E-state index in [1.165, 1.54) is 0 Å². The maximum Gasteiger partial charge on any atom is 0.410 e. The lowest BCUT2D eigenvalue weighted by Crippen LogP contribution is -2.45. The van der Waals surface area contributed by atoms with Gasteiger partial charge in [0.05, 0.1) is 5.02 Å². The number of piperidine rings is 1. The van der Waals surface area contributed by atoms with Gasteiger partial charge in [0.1, 0.15) is 5.60 Å². The SMILES string of the molecule is Cc1c(C(=O)N2CCCC(CN(C)C(=O)OC(C)(C)C)C2)oc2c(Cl)cccc12. The van der Waals surface area contributed by atoms with Crippen LogP contribution in [0.3, 0.4) is 0 Å². The van der Waals surface area contributed by atoms with E-state index in [-0.39, 0.29) is 17.9 Å². The zero-order valence-corrected chi connectivity index (χ0v) is 18.5. The van der Waals surface area contributed by atoms with E-state index in [1.807, 2.05) is 44.7 Å². The van der Waals surface area contributed by atoms with Crippen molar-refractivity contribution in [3.8, 4) is 0 Å². The number of aryl methyl sites for hydroxylation is 1. The highest BCUT2D eigenvalue weighted by Gasteiger charge is 2.30. The standard InChI is InChI=1S/C22H29ClN2O4/c1-14-16-9-6-10-17(23)19(16)28-18(14)20(26)25-11-7-8-15(13-25)12-24(5)21(27)29-22(2,3)4/h6,9-10,15H,7-8,11-13H2,1-5H3. The first-order valence-electron chi connectivity index (χ1n) is 9.98. The fourth-order valence-corrected chi connectivity index (χ4v) is 3.97. The Kier molecular flexibility index (Phi) is 6.13. The second-order valence-corrected chi connectivity index (χ2v) is 9.20. The predicted molar refractivity (Wildman–Crippen MR) is 113 cm³/mol. The number of hydrogen-bond acceptors (Lipinski definition) is 4. The molecular formula is C22H29ClN2O4. The first kappa shape index (κ1) is 21.5. The normalized spacial score (nSPS) is 17.4. The summed E-state index contributed by atoms with van der Waals surface area (Å²) in [6.45, 7) is 9.23. The molecule has 1 fully saturated rings. The molecule has 7 heteroatoms. The molecule has 1 aliphatic heterocycles. The van der Waals surface area contributed by atoms with Crippen molar-refractivity contribution >= 4 is 34.6 Å². The van der Waals surface area contributed by atoms with Gasteiger partial charge in [-0.25, -0.2) is 4.79 Å². The average Bonchev–Trinajstić information content (AvgIpc) is 2.98. The maximum absolute atomic E-state index is 13.1. The fourth-order valence-electron chi connectivity index (χ4n) is 3.76. The molecule has 1 aromatic carbocycles. The van der Waals surface area contributed by atoms with Crippen LogP contribution in [-0.4, -0.2) is 54.1 Å². The van der Waals surface area contributed by atoms with E-state index < -0.39 is 5.60 Å². The Morgan fingerprint density at radius 2 is 2.07 bits per heavy atom. The molecule has 6 nitrogen and oxygen atoms in total. The van der Waals surface area contributed by atoms with Crippen molar-refractivity contribution in [2.45, 2.75) is 46.1 Å². The van der Waals surface area contributed by atoms with Crippen LogP contribution >= 0.6 is 11.6 Å². The van der Waals surface area contributed by atoms with E-state index in [0.717, 1.165) is 23.8 Å². The summed E-state index contributed by atoms with van der Waals surface area (Å²) in [5.41, 5.74) is 0.828. The smallest absolute Gasteiger partial charge is 0.410 e. The number of halogens is 1. The van der Waals surface area contributed by atoms with E-state index in [2.05, 4.69) is 0 Å². The van der Waals surface area contributed by atoms with Crippen LogP contribution in [0, 0.1) is 12.8 Å². The number of nitrogens with zero attached hydrogens (tertiary/aromatic N) is 2. The molecular weight excluding hydrogens is 392 g/mol. The van der Waals surface area contributed by atoms with Crippen molar-refractivity contribution in [2.75, 3.05) is 26.7 Å². The number of carbonyl (C=O) groups excluding carboxylic acids is 2. The van der Waals surface area contributed by atoms with Crippen LogP contribution < -0.4 is 0 Å². The van der Waals surface area contributed by atoms with Crippen molar-refractivity contribution in [1.82, 2.24) is 9.80 Å². The molecule has 0 bridgehead atoms. The third-order valence-corrected chi connectivity index (χ3v) is 5.45. The van der Waals surface area contributed by atoms with Crippen molar-refractivity contribution in [2.24, 2.45) is 5.92 Å². The molecule has 1 unspecified atom stereocenters. The zero-order chi connectivity index (χ0) is 21.3. The van der Waals surface area contributed by atoms with Gasteiger partial charge in [-0.2, -0.15) is 0 Å². The van der Waals surface area contributed by atoms with Crippen molar-refractivity contribution < 1.29 is 18.7 Å². The molecule has 1 aromatic heterocycles. The number of amides is 2. The van der Waals surface area contributed by atoms with Gasteiger partial charge in [-0.15, -0.1) is 0 Å². The lowest BCUT2D eigenvalue weighted by Gasteiger charge is -2.34. The Bertz CT molecular complexity index is 915. The summed E-state index contributed by atoms with van der Waals surface area (Å²) in [6.07, 6.45) is 1.50. The third kappa shape index (κ3) is 4.86. The van der Waals surface area contributed by atoms with Gasteiger partial charge >= 0.3 is 6.09 Å². The largest absolute Gasteiger partial charge is 0.449 e. The maximum atomic E-state index is 13.1. The molecule has 29 heavy (non-hydrogen) atoms.